The van der Waals surface area contributed by atoms with E-state index in [0.29, 0.717) is 11.3 Å². The Bertz CT molecular complexity index is 871. The lowest BCUT2D eigenvalue weighted by Crippen LogP contribution is -2.28. The van der Waals surface area contributed by atoms with Gasteiger partial charge in [-0.1, -0.05) is 36.4 Å². The van der Waals surface area contributed by atoms with Crippen LogP contribution in [0.2, 0.25) is 0 Å². The number of aryl methyl sites for hydroxylation is 1. The molecule has 0 spiro atoms. The Kier molecular flexibility index (Phi) is 5.26. The Morgan fingerprint density at radius 3 is 2.41 bits per heavy atom. The average molecular weight is 367 g/mol. The molecule has 0 aliphatic heterocycles. The van der Waals surface area contributed by atoms with E-state index in [9.17, 15) is 14.4 Å². The number of amides is 1. The fourth-order valence-corrected chi connectivity index (χ4v) is 2.95. The molecule has 2 aromatic carbocycles. The highest BCUT2D eigenvalue weighted by molar-refractivity contribution is 5.97. The summed E-state index contributed by atoms with van der Waals surface area (Å²) in [5.74, 6) is -1.34. The van der Waals surface area contributed by atoms with Crippen LogP contribution in [-0.4, -0.2) is 31.6 Å². The van der Waals surface area contributed by atoms with Crippen LogP contribution in [-0.2, 0) is 24.5 Å². The van der Waals surface area contributed by atoms with Gasteiger partial charge in [-0.2, -0.15) is 0 Å². The van der Waals surface area contributed by atoms with Gasteiger partial charge in [0.2, 0.25) is 0 Å². The molecule has 1 fully saturated rings. The van der Waals surface area contributed by atoms with E-state index < -0.39 is 17.3 Å². The van der Waals surface area contributed by atoms with Crippen LogP contribution in [0.4, 0.5) is 5.69 Å². The Morgan fingerprint density at radius 2 is 1.78 bits per heavy atom. The van der Waals surface area contributed by atoms with E-state index in [1.165, 1.54) is 13.2 Å². The number of methoxy groups -OCH3 is 1. The molecule has 0 bridgehead atoms. The Labute approximate surface area is 157 Å². The quantitative estimate of drug-likeness (QED) is 0.794. The molecule has 1 aliphatic carbocycles. The van der Waals surface area contributed by atoms with Gasteiger partial charge in [0.05, 0.1) is 18.1 Å². The first kappa shape index (κ1) is 18.6. The van der Waals surface area contributed by atoms with Crippen molar-refractivity contribution in [2.75, 3.05) is 19.0 Å². The van der Waals surface area contributed by atoms with E-state index in [-0.39, 0.29) is 12.6 Å². The van der Waals surface area contributed by atoms with Crippen LogP contribution in [0.5, 0.6) is 0 Å². The lowest BCUT2D eigenvalue weighted by Gasteiger charge is -2.15. The highest BCUT2D eigenvalue weighted by Crippen LogP contribution is 2.49. The van der Waals surface area contributed by atoms with E-state index >= 15 is 0 Å². The molecule has 1 N–H and O–H groups in total. The van der Waals surface area contributed by atoms with Crippen LogP contribution in [0, 0.1) is 6.92 Å². The molecule has 0 aromatic heterocycles. The van der Waals surface area contributed by atoms with Crippen LogP contribution in [0.1, 0.15) is 34.3 Å². The van der Waals surface area contributed by atoms with Crippen LogP contribution in [0.25, 0.3) is 0 Å². The van der Waals surface area contributed by atoms with E-state index in [0.717, 1.165) is 24.0 Å². The van der Waals surface area contributed by atoms with Crippen molar-refractivity contribution in [3.05, 3.63) is 65.2 Å². The first-order chi connectivity index (χ1) is 13.0. The van der Waals surface area contributed by atoms with Crippen LogP contribution in [0.3, 0.4) is 0 Å². The van der Waals surface area contributed by atoms with E-state index in [1.54, 1.807) is 19.1 Å². The smallest absolute Gasteiger partial charge is 0.337 e. The number of esters is 2. The van der Waals surface area contributed by atoms with Gasteiger partial charge in [0.15, 0.2) is 6.61 Å². The lowest BCUT2D eigenvalue weighted by molar-refractivity contribution is -0.150. The molecule has 3 rings (SSSR count). The normalized spacial score (nSPS) is 14.1. The number of carbonyl (C=O) groups excluding carboxylic acids is 3. The number of carbonyl (C=O) groups is 3. The second-order valence-electron chi connectivity index (χ2n) is 6.59. The van der Waals surface area contributed by atoms with E-state index in [1.807, 2.05) is 30.3 Å². The lowest BCUT2D eigenvalue weighted by atomic mass is 9.96. The van der Waals surface area contributed by atoms with E-state index in [4.69, 9.17) is 4.74 Å². The molecule has 6 heteroatoms. The van der Waals surface area contributed by atoms with Crippen molar-refractivity contribution >= 4 is 23.5 Å². The highest BCUT2D eigenvalue weighted by atomic mass is 16.5. The third kappa shape index (κ3) is 4.00. The predicted octanol–water partition coefficient (Wildman–Crippen LogP) is 3.00. The summed E-state index contributed by atoms with van der Waals surface area (Å²) in [6, 6.07) is 14.3. The minimum absolute atomic E-state index is 0.330. The van der Waals surface area contributed by atoms with Gasteiger partial charge in [-0.05, 0) is 43.0 Å². The van der Waals surface area contributed by atoms with Crippen molar-refractivity contribution in [1.82, 2.24) is 0 Å². The largest absolute Gasteiger partial charge is 0.465 e. The Hall–Kier alpha value is -3.15. The predicted molar refractivity (Wildman–Crippen MR) is 99.5 cm³/mol. The van der Waals surface area contributed by atoms with Crippen molar-refractivity contribution < 1.29 is 23.9 Å². The number of rotatable bonds is 6. The van der Waals surface area contributed by atoms with Crippen molar-refractivity contribution in [2.45, 2.75) is 25.2 Å². The maximum atomic E-state index is 12.5. The summed E-state index contributed by atoms with van der Waals surface area (Å²) in [6.45, 7) is 1.42. The van der Waals surface area contributed by atoms with Gasteiger partial charge >= 0.3 is 11.9 Å². The zero-order valence-corrected chi connectivity index (χ0v) is 15.3. The number of hydrogen-bond donors (Lipinski definition) is 1. The summed E-state index contributed by atoms with van der Waals surface area (Å²) in [5.41, 5.74) is 1.88. The molecule has 0 unspecified atom stereocenters. The SMILES string of the molecule is COC(=O)c1ccc(C)c(NC(=O)COC(=O)C2(c3ccccc3)CC2)c1. The van der Waals surface area contributed by atoms with Gasteiger partial charge in [-0.3, -0.25) is 9.59 Å². The molecule has 1 aliphatic rings. The molecule has 0 radical (unpaired) electrons. The summed E-state index contributed by atoms with van der Waals surface area (Å²) < 4.78 is 9.93. The van der Waals surface area contributed by atoms with Crippen LogP contribution in [0.15, 0.2) is 48.5 Å². The number of nitrogens with one attached hydrogen (secondary N) is 1. The highest BCUT2D eigenvalue weighted by Gasteiger charge is 2.52. The topological polar surface area (TPSA) is 81.7 Å². The number of benzene rings is 2. The minimum atomic E-state index is -0.623. The zero-order chi connectivity index (χ0) is 19.4. The molecule has 27 heavy (non-hydrogen) atoms. The summed E-state index contributed by atoms with van der Waals surface area (Å²) in [5, 5.41) is 2.67. The van der Waals surface area contributed by atoms with Crippen LogP contribution >= 0.6 is 0 Å². The second kappa shape index (κ2) is 7.61. The first-order valence-electron chi connectivity index (χ1n) is 8.68. The monoisotopic (exact) mass is 367 g/mol. The van der Waals surface area contributed by atoms with Crippen LogP contribution < -0.4 is 5.32 Å². The Balaban J connectivity index is 1.61. The number of ether oxygens (including phenoxy) is 2. The fraction of sp³-hybridized carbons (Fsp3) is 0.286. The van der Waals surface area contributed by atoms with Gasteiger partial charge < -0.3 is 14.8 Å². The summed E-state index contributed by atoms with van der Waals surface area (Å²) in [6.07, 6.45) is 1.44. The molecule has 1 saturated carbocycles. The van der Waals surface area contributed by atoms with Gasteiger partial charge in [-0.15, -0.1) is 0 Å². The molecule has 0 saturated heterocycles. The summed E-state index contributed by atoms with van der Waals surface area (Å²) in [4.78, 5) is 36.3. The van der Waals surface area contributed by atoms with Gasteiger partial charge in [0.25, 0.3) is 5.91 Å². The molecular formula is C21H21NO5. The van der Waals surface area contributed by atoms with Gasteiger partial charge in [0, 0.05) is 5.69 Å². The molecule has 1 amide bonds. The average Bonchev–Trinajstić information content (AvgIpc) is 3.50. The van der Waals surface area contributed by atoms with E-state index in [2.05, 4.69) is 10.1 Å². The number of anilines is 1. The van der Waals surface area contributed by atoms with Crippen molar-refractivity contribution in [1.29, 1.82) is 0 Å². The molecule has 0 atom stereocenters. The molecular weight excluding hydrogens is 346 g/mol. The molecule has 140 valence electrons. The van der Waals surface area contributed by atoms with Crippen molar-refractivity contribution in [3.63, 3.8) is 0 Å². The third-order valence-electron chi connectivity index (χ3n) is 4.73. The van der Waals surface area contributed by atoms with Crippen molar-refractivity contribution in [2.24, 2.45) is 0 Å². The maximum absolute atomic E-state index is 12.5. The van der Waals surface area contributed by atoms with Gasteiger partial charge in [-0.25, -0.2) is 4.79 Å². The van der Waals surface area contributed by atoms with Crippen molar-refractivity contribution in [3.8, 4) is 0 Å². The standard InChI is InChI=1S/C21H21NO5/c1-14-8-9-15(19(24)26-2)12-17(14)22-18(23)13-27-20(25)21(10-11-21)16-6-4-3-5-7-16/h3-9,12H,10-11,13H2,1-2H3,(H,22,23). The summed E-state index contributed by atoms with van der Waals surface area (Å²) in [7, 11) is 1.29. The zero-order valence-electron chi connectivity index (χ0n) is 15.3. The Morgan fingerprint density at radius 1 is 1.07 bits per heavy atom. The minimum Gasteiger partial charge on any atom is -0.465 e. The molecule has 0 heterocycles. The molecule has 6 nitrogen and oxygen atoms in total. The maximum Gasteiger partial charge on any atom is 0.337 e. The first-order valence-corrected chi connectivity index (χ1v) is 8.68. The second-order valence-corrected chi connectivity index (χ2v) is 6.59. The summed E-state index contributed by atoms with van der Waals surface area (Å²) >= 11 is 0. The molecule has 2 aromatic rings. The van der Waals surface area contributed by atoms with Gasteiger partial charge in [0.1, 0.15) is 0 Å². The fourth-order valence-electron chi connectivity index (χ4n) is 2.95. The third-order valence-corrected chi connectivity index (χ3v) is 4.73. The number of hydrogen-bond acceptors (Lipinski definition) is 5.